The maximum absolute atomic E-state index is 11.5. The second-order valence-corrected chi connectivity index (χ2v) is 6.17. The Morgan fingerprint density at radius 2 is 1.72 bits per heavy atom. The summed E-state index contributed by atoms with van der Waals surface area (Å²) in [5.41, 5.74) is 6.82. The van der Waals surface area contributed by atoms with Gasteiger partial charge in [-0.15, -0.1) is 11.3 Å². The third-order valence-electron chi connectivity index (χ3n) is 3.78. The summed E-state index contributed by atoms with van der Waals surface area (Å²) in [6.45, 7) is 5.97. The van der Waals surface area contributed by atoms with Gasteiger partial charge in [0.1, 0.15) is 0 Å². The zero-order valence-electron chi connectivity index (χ0n) is 11.0. The van der Waals surface area contributed by atoms with Gasteiger partial charge in [-0.1, -0.05) is 12.1 Å². The first-order valence-corrected chi connectivity index (χ1v) is 7.12. The van der Waals surface area contributed by atoms with Crippen LogP contribution in [0.3, 0.4) is 0 Å². The lowest BCUT2D eigenvalue weighted by atomic mass is 9.88. The molecule has 0 saturated carbocycles. The van der Waals surface area contributed by atoms with Gasteiger partial charge in [0.2, 0.25) is 0 Å². The predicted molar refractivity (Wildman–Crippen MR) is 76.6 cm³/mol. The molecule has 2 heteroatoms. The molecule has 0 saturated heterocycles. The maximum atomic E-state index is 11.5. The van der Waals surface area contributed by atoms with E-state index in [0.717, 1.165) is 17.7 Å². The van der Waals surface area contributed by atoms with E-state index in [1.54, 1.807) is 18.3 Å². The summed E-state index contributed by atoms with van der Waals surface area (Å²) >= 11 is 1.65. The summed E-state index contributed by atoms with van der Waals surface area (Å²) in [4.78, 5) is 13.7. The van der Waals surface area contributed by atoms with Gasteiger partial charge in [0.25, 0.3) is 0 Å². The van der Waals surface area contributed by atoms with Crippen LogP contribution in [-0.2, 0) is 12.8 Å². The number of hydrogen-bond donors (Lipinski definition) is 0. The summed E-state index contributed by atoms with van der Waals surface area (Å²) in [6.07, 6.45) is 2.16. The Balaban J connectivity index is 2.21. The van der Waals surface area contributed by atoms with Gasteiger partial charge in [-0.2, -0.15) is 0 Å². The van der Waals surface area contributed by atoms with Crippen LogP contribution >= 0.6 is 11.3 Å². The van der Waals surface area contributed by atoms with Crippen LogP contribution in [0.25, 0.3) is 10.4 Å². The molecular weight excluding hydrogens is 240 g/mol. The Morgan fingerprint density at radius 3 is 2.44 bits per heavy atom. The van der Waals surface area contributed by atoms with Crippen molar-refractivity contribution >= 4 is 17.1 Å². The molecule has 2 aromatic rings. The fraction of sp³-hybridized carbons (Fsp3) is 0.312. The van der Waals surface area contributed by atoms with Crippen LogP contribution in [0.4, 0.5) is 0 Å². The second kappa shape index (κ2) is 4.06. The number of ketones is 1. The monoisotopic (exact) mass is 256 g/mol. The molecule has 92 valence electrons. The van der Waals surface area contributed by atoms with Gasteiger partial charge < -0.3 is 0 Å². The lowest BCUT2D eigenvalue weighted by molar-refractivity contribution is 0.102. The van der Waals surface area contributed by atoms with E-state index in [1.165, 1.54) is 32.7 Å². The molecule has 1 aromatic heterocycles. The van der Waals surface area contributed by atoms with E-state index < -0.39 is 0 Å². The predicted octanol–water partition coefficient (Wildman–Crippen LogP) is 4.33. The first kappa shape index (κ1) is 11.7. The highest BCUT2D eigenvalue weighted by molar-refractivity contribution is 7.17. The second-order valence-electron chi connectivity index (χ2n) is 5.11. The molecule has 0 aliphatic heterocycles. The zero-order chi connectivity index (χ0) is 12.9. The van der Waals surface area contributed by atoms with Crippen molar-refractivity contribution in [3.8, 4) is 10.4 Å². The molecule has 0 N–H and O–H groups in total. The minimum Gasteiger partial charge on any atom is -0.294 e. The van der Waals surface area contributed by atoms with E-state index in [0.29, 0.717) is 0 Å². The third-order valence-corrected chi connectivity index (χ3v) is 5.10. The van der Waals surface area contributed by atoms with Crippen molar-refractivity contribution in [2.75, 3.05) is 0 Å². The van der Waals surface area contributed by atoms with Crippen LogP contribution in [0.5, 0.6) is 0 Å². The molecule has 0 amide bonds. The van der Waals surface area contributed by atoms with E-state index in [2.05, 4.69) is 32.0 Å². The first-order chi connectivity index (χ1) is 8.56. The molecule has 1 nitrogen and oxygen atoms in total. The molecule has 1 heterocycles. The molecule has 1 aliphatic rings. The molecule has 0 unspecified atom stereocenters. The van der Waals surface area contributed by atoms with Crippen molar-refractivity contribution in [3.63, 3.8) is 0 Å². The van der Waals surface area contributed by atoms with Gasteiger partial charge in [-0.25, -0.2) is 0 Å². The van der Waals surface area contributed by atoms with Crippen LogP contribution in [-0.4, -0.2) is 5.78 Å². The van der Waals surface area contributed by atoms with E-state index in [1.807, 2.05) is 0 Å². The summed E-state index contributed by atoms with van der Waals surface area (Å²) in [7, 11) is 0. The molecule has 0 radical (unpaired) electrons. The van der Waals surface area contributed by atoms with Crippen LogP contribution < -0.4 is 0 Å². The number of fused-ring (bicyclic) bond motifs is 3. The molecule has 0 spiro atoms. The van der Waals surface area contributed by atoms with Crippen molar-refractivity contribution in [1.82, 2.24) is 0 Å². The maximum Gasteiger partial charge on any atom is 0.169 e. The van der Waals surface area contributed by atoms with Crippen molar-refractivity contribution in [1.29, 1.82) is 0 Å². The number of thiophene rings is 1. The van der Waals surface area contributed by atoms with Gasteiger partial charge in [0.15, 0.2) is 5.78 Å². The Hall–Kier alpha value is -1.41. The topological polar surface area (TPSA) is 17.1 Å². The van der Waals surface area contributed by atoms with Crippen molar-refractivity contribution in [2.24, 2.45) is 0 Å². The van der Waals surface area contributed by atoms with Crippen molar-refractivity contribution in [3.05, 3.63) is 45.3 Å². The highest BCUT2D eigenvalue weighted by Crippen LogP contribution is 2.40. The smallest absolute Gasteiger partial charge is 0.169 e. The molecule has 1 aromatic carbocycles. The van der Waals surface area contributed by atoms with Crippen LogP contribution in [0, 0.1) is 13.8 Å². The Morgan fingerprint density at radius 1 is 1.06 bits per heavy atom. The SMILES string of the molecule is CC(=O)c1cc2c(s1)-c1cc(C)c(C)cc1CC2. The number of carbonyl (C=O) groups excluding carboxylic acids is 1. The number of hydrogen-bond acceptors (Lipinski definition) is 2. The minimum atomic E-state index is 0.180. The normalized spacial score (nSPS) is 13.1. The van der Waals surface area contributed by atoms with Gasteiger partial charge in [0, 0.05) is 4.88 Å². The summed E-state index contributed by atoms with van der Waals surface area (Å²) in [6, 6.07) is 6.67. The first-order valence-electron chi connectivity index (χ1n) is 6.30. The lowest BCUT2D eigenvalue weighted by Crippen LogP contribution is -2.02. The Kier molecular flexibility index (Phi) is 2.63. The number of benzene rings is 1. The van der Waals surface area contributed by atoms with Crippen molar-refractivity contribution < 1.29 is 4.79 Å². The molecule has 0 bridgehead atoms. The molecular formula is C16H16OS. The lowest BCUT2D eigenvalue weighted by Gasteiger charge is -2.18. The average Bonchev–Trinajstić information content (AvgIpc) is 2.75. The number of carbonyl (C=O) groups is 1. The van der Waals surface area contributed by atoms with E-state index in [-0.39, 0.29) is 5.78 Å². The molecule has 18 heavy (non-hydrogen) atoms. The van der Waals surface area contributed by atoms with Gasteiger partial charge in [-0.3, -0.25) is 4.79 Å². The molecule has 0 fully saturated rings. The third kappa shape index (κ3) is 1.72. The van der Waals surface area contributed by atoms with Crippen LogP contribution in [0.1, 0.15) is 38.8 Å². The molecule has 0 atom stereocenters. The van der Waals surface area contributed by atoms with Crippen LogP contribution in [0.15, 0.2) is 18.2 Å². The van der Waals surface area contributed by atoms with Gasteiger partial charge in [0.05, 0.1) is 4.88 Å². The fourth-order valence-corrected chi connectivity index (χ4v) is 3.74. The Labute approximate surface area is 111 Å². The number of rotatable bonds is 1. The number of Topliss-reactive ketones (excluding diaryl/α,β-unsaturated/α-hetero) is 1. The zero-order valence-corrected chi connectivity index (χ0v) is 11.8. The van der Waals surface area contributed by atoms with Crippen LogP contribution in [0.2, 0.25) is 0 Å². The minimum absolute atomic E-state index is 0.180. The fourth-order valence-electron chi connectivity index (χ4n) is 2.58. The average molecular weight is 256 g/mol. The summed E-state index contributed by atoms with van der Waals surface area (Å²) in [5.74, 6) is 0.180. The standard InChI is InChI=1S/C16H16OS/c1-9-6-12-4-5-13-8-15(11(3)17)18-16(13)14(12)7-10(9)2/h6-8H,4-5H2,1-3H3. The molecule has 1 aliphatic carbocycles. The largest absolute Gasteiger partial charge is 0.294 e. The van der Waals surface area contributed by atoms with Crippen molar-refractivity contribution in [2.45, 2.75) is 33.6 Å². The summed E-state index contributed by atoms with van der Waals surface area (Å²) < 4.78 is 0. The quantitative estimate of drug-likeness (QED) is 0.694. The summed E-state index contributed by atoms with van der Waals surface area (Å²) in [5, 5.41) is 0. The Bertz CT molecular complexity index is 649. The van der Waals surface area contributed by atoms with E-state index in [9.17, 15) is 4.79 Å². The molecule has 3 rings (SSSR count). The van der Waals surface area contributed by atoms with E-state index in [4.69, 9.17) is 0 Å². The van der Waals surface area contributed by atoms with Gasteiger partial charge >= 0.3 is 0 Å². The highest BCUT2D eigenvalue weighted by atomic mass is 32.1. The number of aryl methyl sites for hydroxylation is 4. The highest BCUT2D eigenvalue weighted by Gasteiger charge is 2.21. The van der Waals surface area contributed by atoms with E-state index >= 15 is 0 Å². The van der Waals surface area contributed by atoms with Gasteiger partial charge in [-0.05, 0) is 67.5 Å².